The van der Waals surface area contributed by atoms with Gasteiger partial charge in [0.25, 0.3) is 5.91 Å². The van der Waals surface area contributed by atoms with Crippen molar-refractivity contribution in [3.8, 4) is 6.07 Å². The first-order chi connectivity index (χ1) is 10.0. The molecule has 1 aromatic rings. The van der Waals surface area contributed by atoms with Crippen molar-refractivity contribution < 1.29 is 18.0 Å². The predicted octanol–water partition coefficient (Wildman–Crippen LogP) is 3.44. The number of rotatable bonds is 3. The maximum atomic E-state index is 12.8. The third-order valence-electron chi connectivity index (χ3n) is 2.46. The van der Waals surface area contributed by atoms with Gasteiger partial charge in [-0.2, -0.15) is 18.4 Å². The summed E-state index contributed by atoms with van der Waals surface area (Å²) in [4.78, 5) is 11.8. The second-order valence-electron chi connectivity index (χ2n) is 5.56. The van der Waals surface area contributed by atoms with Crippen LogP contribution in [-0.2, 0) is 11.0 Å². The van der Waals surface area contributed by atoms with E-state index < -0.39 is 23.2 Å². The van der Waals surface area contributed by atoms with E-state index in [9.17, 15) is 18.0 Å². The molecule has 1 rings (SSSR count). The minimum atomic E-state index is -4.53. The highest BCUT2D eigenvalue weighted by Gasteiger charge is 2.33. The van der Waals surface area contributed by atoms with E-state index in [0.29, 0.717) is 0 Å². The topological polar surface area (TPSA) is 64.9 Å². The van der Waals surface area contributed by atoms with Crippen molar-refractivity contribution in [2.45, 2.75) is 32.5 Å². The highest BCUT2D eigenvalue weighted by atomic mass is 19.4. The molecule has 0 bridgehead atoms. The van der Waals surface area contributed by atoms with Crippen molar-refractivity contribution in [1.82, 2.24) is 5.32 Å². The summed E-state index contributed by atoms with van der Waals surface area (Å²) >= 11 is 0. The van der Waals surface area contributed by atoms with Crippen LogP contribution in [0.25, 0.3) is 0 Å². The minimum absolute atomic E-state index is 0.230. The van der Waals surface area contributed by atoms with E-state index in [1.165, 1.54) is 18.2 Å². The van der Waals surface area contributed by atoms with Gasteiger partial charge in [-0.05, 0) is 32.9 Å². The van der Waals surface area contributed by atoms with Crippen LogP contribution in [0.1, 0.15) is 26.3 Å². The van der Waals surface area contributed by atoms with E-state index in [0.717, 1.165) is 12.3 Å². The van der Waals surface area contributed by atoms with Crippen LogP contribution >= 0.6 is 0 Å². The number of anilines is 1. The third kappa shape index (κ3) is 5.13. The summed E-state index contributed by atoms with van der Waals surface area (Å²) in [5.74, 6) is -0.660. The average molecular weight is 311 g/mol. The van der Waals surface area contributed by atoms with Gasteiger partial charge in [-0.1, -0.05) is 12.1 Å². The van der Waals surface area contributed by atoms with Gasteiger partial charge in [0.15, 0.2) is 0 Å². The van der Waals surface area contributed by atoms with E-state index in [1.807, 2.05) is 0 Å². The van der Waals surface area contributed by atoms with Crippen molar-refractivity contribution in [2.24, 2.45) is 0 Å². The fourth-order valence-electron chi connectivity index (χ4n) is 1.56. The van der Waals surface area contributed by atoms with E-state index in [2.05, 4.69) is 10.6 Å². The van der Waals surface area contributed by atoms with Gasteiger partial charge in [-0.3, -0.25) is 4.79 Å². The van der Waals surface area contributed by atoms with Gasteiger partial charge >= 0.3 is 6.18 Å². The SMILES string of the molecule is CC(C)(C)NC(=O)/C(C#N)=C\Nc1ccccc1C(F)(F)F. The Labute approximate surface area is 126 Å². The van der Waals surface area contributed by atoms with Crippen LogP contribution in [0.2, 0.25) is 0 Å². The average Bonchev–Trinajstić information content (AvgIpc) is 2.36. The number of halogens is 3. The molecule has 2 N–H and O–H groups in total. The monoisotopic (exact) mass is 311 g/mol. The van der Waals surface area contributed by atoms with Crippen molar-refractivity contribution >= 4 is 11.6 Å². The van der Waals surface area contributed by atoms with Crippen LogP contribution < -0.4 is 10.6 Å². The maximum absolute atomic E-state index is 12.8. The van der Waals surface area contributed by atoms with Crippen LogP contribution in [0.5, 0.6) is 0 Å². The lowest BCUT2D eigenvalue weighted by Gasteiger charge is -2.20. The molecule has 0 heterocycles. The van der Waals surface area contributed by atoms with Gasteiger partial charge in [0.2, 0.25) is 0 Å². The predicted molar refractivity (Wildman–Crippen MR) is 76.7 cm³/mol. The fraction of sp³-hybridized carbons (Fsp3) is 0.333. The van der Waals surface area contributed by atoms with E-state index in [-0.39, 0.29) is 11.3 Å². The number of hydrogen-bond donors (Lipinski definition) is 2. The summed E-state index contributed by atoms with van der Waals surface area (Å²) in [5, 5.41) is 13.9. The summed E-state index contributed by atoms with van der Waals surface area (Å²) in [5.41, 5.74) is -1.98. The summed E-state index contributed by atoms with van der Waals surface area (Å²) in [7, 11) is 0. The Morgan fingerprint density at radius 2 is 1.82 bits per heavy atom. The number of nitrogens with zero attached hydrogens (tertiary/aromatic N) is 1. The smallest absolute Gasteiger partial charge is 0.360 e. The van der Waals surface area contributed by atoms with Gasteiger partial charge in [0.1, 0.15) is 11.6 Å². The summed E-state index contributed by atoms with van der Waals surface area (Å²) in [6, 6.07) is 6.47. The van der Waals surface area contributed by atoms with E-state index >= 15 is 0 Å². The maximum Gasteiger partial charge on any atom is 0.418 e. The second kappa shape index (κ2) is 6.52. The number of benzene rings is 1. The molecule has 1 amide bonds. The quantitative estimate of drug-likeness (QED) is 0.664. The van der Waals surface area contributed by atoms with Crippen molar-refractivity contribution in [3.63, 3.8) is 0 Å². The molecule has 0 fully saturated rings. The van der Waals surface area contributed by atoms with Crippen molar-refractivity contribution in [3.05, 3.63) is 41.6 Å². The molecule has 7 heteroatoms. The highest BCUT2D eigenvalue weighted by molar-refractivity contribution is 5.97. The third-order valence-corrected chi connectivity index (χ3v) is 2.46. The van der Waals surface area contributed by atoms with E-state index in [1.54, 1.807) is 26.8 Å². The van der Waals surface area contributed by atoms with Crippen LogP contribution in [-0.4, -0.2) is 11.4 Å². The first-order valence-corrected chi connectivity index (χ1v) is 6.40. The molecule has 4 nitrogen and oxygen atoms in total. The van der Waals surface area contributed by atoms with Crippen LogP contribution in [0.3, 0.4) is 0 Å². The second-order valence-corrected chi connectivity index (χ2v) is 5.56. The molecule has 0 spiro atoms. The Morgan fingerprint density at radius 3 is 2.32 bits per heavy atom. The largest absolute Gasteiger partial charge is 0.418 e. The Kier molecular flexibility index (Phi) is 5.20. The number of para-hydroxylation sites is 1. The zero-order chi connectivity index (χ0) is 17.0. The standard InChI is InChI=1S/C15H16F3N3O/c1-14(2,3)21-13(22)10(8-19)9-20-12-7-5-4-6-11(12)15(16,17)18/h4-7,9,20H,1-3H3,(H,21,22)/b10-9-. The molecule has 0 saturated heterocycles. The fourth-order valence-corrected chi connectivity index (χ4v) is 1.56. The normalized spacial score (nSPS) is 12.5. The molecule has 0 aliphatic rings. The molecule has 118 valence electrons. The number of carbonyl (C=O) groups excluding carboxylic acids is 1. The van der Waals surface area contributed by atoms with Crippen molar-refractivity contribution in [1.29, 1.82) is 5.26 Å². The summed E-state index contributed by atoms with van der Waals surface area (Å²) in [6.07, 6.45) is -3.57. The molecule has 0 aliphatic carbocycles. The first-order valence-electron chi connectivity index (χ1n) is 6.40. The molecule has 0 unspecified atom stereocenters. The number of nitrogens with one attached hydrogen (secondary N) is 2. The number of carbonyl (C=O) groups is 1. The van der Waals surface area contributed by atoms with Crippen LogP contribution in [0.4, 0.5) is 18.9 Å². The molecular formula is C15H16F3N3O. The van der Waals surface area contributed by atoms with Gasteiger partial charge in [0.05, 0.1) is 11.3 Å². The Morgan fingerprint density at radius 1 is 1.23 bits per heavy atom. The molecule has 1 aromatic carbocycles. The Balaban J connectivity index is 3.00. The highest BCUT2D eigenvalue weighted by Crippen LogP contribution is 2.34. The number of alkyl halides is 3. The lowest BCUT2D eigenvalue weighted by molar-refractivity contribution is -0.136. The van der Waals surface area contributed by atoms with E-state index in [4.69, 9.17) is 5.26 Å². The number of amides is 1. The van der Waals surface area contributed by atoms with Gasteiger partial charge in [-0.15, -0.1) is 0 Å². The molecule has 0 atom stereocenters. The summed E-state index contributed by atoms with van der Waals surface area (Å²) < 4.78 is 38.5. The first kappa shape index (κ1) is 17.6. The number of hydrogen-bond acceptors (Lipinski definition) is 3. The Hall–Kier alpha value is -2.49. The molecule has 0 aliphatic heterocycles. The molecule has 0 saturated carbocycles. The molecule has 0 radical (unpaired) electrons. The zero-order valence-electron chi connectivity index (χ0n) is 12.4. The Bertz CT molecular complexity index is 622. The summed E-state index contributed by atoms with van der Waals surface area (Å²) in [6.45, 7) is 5.19. The van der Waals surface area contributed by atoms with Crippen molar-refractivity contribution in [2.75, 3.05) is 5.32 Å². The molecule has 0 aromatic heterocycles. The number of nitriles is 1. The molecular weight excluding hydrogens is 295 g/mol. The zero-order valence-corrected chi connectivity index (χ0v) is 12.4. The van der Waals surface area contributed by atoms with Gasteiger partial charge < -0.3 is 10.6 Å². The lowest BCUT2D eigenvalue weighted by atomic mass is 10.1. The van der Waals surface area contributed by atoms with Gasteiger partial charge in [-0.25, -0.2) is 0 Å². The van der Waals surface area contributed by atoms with Crippen LogP contribution in [0, 0.1) is 11.3 Å². The van der Waals surface area contributed by atoms with Gasteiger partial charge in [0, 0.05) is 11.7 Å². The lowest BCUT2D eigenvalue weighted by Crippen LogP contribution is -2.41. The molecule has 22 heavy (non-hydrogen) atoms. The van der Waals surface area contributed by atoms with Crippen LogP contribution in [0.15, 0.2) is 36.0 Å². The minimum Gasteiger partial charge on any atom is -0.360 e.